The molecule has 1 saturated carbocycles. The lowest BCUT2D eigenvalue weighted by Crippen LogP contribution is -2.51. The summed E-state index contributed by atoms with van der Waals surface area (Å²) in [5.41, 5.74) is 5.90. The zero-order valence-electron chi connectivity index (χ0n) is 14.0. The second-order valence-electron chi connectivity index (χ2n) is 6.74. The van der Waals surface area contributed by atoms with Crippen LogP contribution in [0.5, 0.6) is 0 Å². The van der Waals surface area contributed by atoms with Gasteiger partial charge in [0.25, 0.3) is 0 Å². The molecule has 0 aromatic carbocycles. The second kappa shape index (κ2) is 7.31. The maximum Gasteiger partial charge on any atom is 0.239 e. The number of aromatic nitrogens is 1. The van der Waals surface area contributed by atoms with E-state index in [1.807, 2.05) is 9.80 Å². The molecule has 132 valence electrons. The Kier molecular flexibility index (Phi) is 5.15. The molecule has 8 heteroatoms. The van der Waals surface area contributed by atoms with Crippen LogP contribution in [0.3, 0.4) is 0 Å². The molecule has 3 rings (SSSR count). The standard InChI is InChI=1S/C16H25N5O3/c1-11-8-14(19-24-11)18-15(22)10-20-4-6-21(7-5-20)16(23)12-2-3-13(17)9-12/h8,12-13H,2-7,9-10,17H2,1H3,(H,18,19,22). The van der Waals surface area contributed by atoms with E-state index in [1.165, 1.54) is 0 Å². The van der Waals surface area contributed by atoms with E-state index in [1.54, 1.807) is 13.0 Å². The van der Waals surface area contributed by atoms with E-state index < -0.39 is 0 Å². The summed E-state index contributed by atoms with van der Waals surface area (Å²) < 4.78 is 4.92. The fraction of sp³-hybridized carbons (Fsp3) is 0.688. The van der Waals surface area contributed by atoms with Gasteiger partial charge >= 0.3 is 0 Å². The minimum Gasteiger partial charge on any atom is -0.360 e. The van der Waals surface area contributed by atoms with E-state index in [0.29, 0.717) is 44.3 Å². The largest absolute Gasteiger partial charge is 0.360 e. The summed E-state index contributed by atoms with van der Waals surface area (Å²) in [7, 11) is 0. The molecule has 2 heterocycles. The number of carbonyl (C=O) groups excluding carboxylic acids is 2. The van der Waals surface area contributed by atoms with Crippen LogP contribution >= 0.6 is 0 Å². The van der Waals surface area contributed by atoms with Crippen molar-refractivity contribution < 1.29 is 14.1 Å². The van der Waals surface area contributed by atoms with Crippen molar-refractivity contribution in [2.75, 3.05) is 38.0 Å². The first-order valence-corrected chi connectivity index (χ1v) is 8.51. The third-order valence-corrected chi connectivity index (χ3v) is 4.77. The molecule has 1 aromatic rings. The van der Waals surface area contributed by atoms with Gasteiger partial charge in [0.1, 0.15) is 5.76 Å². The molecule has 8 nitrogen and oxygen atoms in total. The lowest BCUT2D eigenvalue weighted by molar-refractivity contribution is -0.137. The van der Waals surface area contributed by atoms with Crippen molar-refractivity contribution in [3.8, 4) is 0 Å². The summed E-state index contributed by atoms with van der Waals surface area (Å²) in [6.07, 6.45) is 2.65. The van der Waals surface area contributed by atoms with Gasteiger partial charge in [0.15, 0.2) is 5.82 Å². The summed E-state index contributed by atoms with van der Waals surface area (Å²) >= 11 is 0. The smallest absolute Gasteiger partial charge is 0.239 e. The molecule has 1 aromatic heterocycles. The molecule has 0 radical (unpaired) electrons. The molecular weight excluding hydrogens is 310 g/mol. The number of aryl methyl sites for hydroxylation is 1. The SMILES string of the molecule is Cc1cc(NC(=O)CN2CCN(C(=O)C3CCC(N)C3)CC2)no1. The summed E-state index contributed by atoms with van der Waals surface area (Å²) in [6, 6.07) is 1.85. The Labute approximate surface area is 141 Å². The van der Waals surface area contributed by atoms with Crippen LogP contribution in [-0.4, -0.2) is 65.5 Å². The van der Waals surface area contributed by atoms with Crippen molar-refractivity contribution in [1.29, 1.82) is 0 Å². The fourth-order valence-corrected chi connectivity index (χ4v) is 3.44. The van der Waals surface area contributed by atoms with E-state index >= 15 is 0 Å². The number of nitrogens with zero attached hydrogens (tertiary/aromatic N) is 3. The second-order valence-corrected chi connectivity index (χ2v) is 6.74. The highest BCUT2D eigenvalue weighted by Gasteiger charge is 2.32. The van der Waals surface area contributed by atoms with Crippen molar-refractivity contribution in [3.05, 3.63) is 11.8 Å². The van der Waals surface area contributed by atoms with Gasteiger partial charge in [0, 0.05) is 44.2 Å². The van der Waals surface area contributed by atoms with Crippen molar-refractivity contribution >= 4 is 17.6 Å². The minimum atomic E-state index is -0.121. The molecular formula is C16H25N5O3. The fourth-order valence-electron chi connectivity index (χ4n) is 3.44. The molecule has 2 aliphatic rings. The molecule has 2 amide bonds. The first kappa shape index (κ1) is 16.9. The quantitative estimate of drug-likeness (QED) is 0.814. The number of hydrogen-bond donors (Lipinski definition) is 2. The summed E-state index contributed by atoms with van der Waals surface area (Å²) in [6.45, 7) is 4.81. The molecule has 2 unspecified atom stereocenters. The Bertz CT molecular complexity index is 594. The lowest BCUT2D eigenvalue weighted by atomic mass is 10.1. The van der Waals surface area contributed by atoms with Gasteiger partial charge in [-0.2, -0.15) is 0 Å². The predicted octanol–water partition coefficient (Wildman–Crippen LogP) is 0.193. The average molecular weight is 335 g/mol. The van der Waals surface area contributed by atoms with E-state index in [4.69, 9.17) is 10.3 Å². The molecule has 1 aliphatic heterocycles. The van der Waals surface area contributed by atoms with E-state index in [-0.39, 0.29) is 23.8 Å². The van der Waals surface area contributed by atoms with Gasteiger partial charge in [-0.1, -0.05) is 5.16 Å². The summed E-state index contributed by atoms with van der Waals surface area (Å²) in [4.78, 5) is 28.5. The van der Waals surface area contributed by atoms with Gasteiger partial charge in [0.05, 0.1) is 6.54 Å². The van der Waals surface area contributed by atoms with Gasteiger partial charge in [-0.15, -0.1) is 0 Å². The third-order valence-electron chi connectivity index (χ3n) is 4.77. The monoisotopic (exact) mass is 335 g/mol. The number of hydrogen-bond acceptors (Lipinski definition) is 6. The topological polar surface area (TPSA) is 105 Å². The third kappa shape index (κ3) is 4.12. The normalized spacial score (nSPS) is 25.0. The van der Waals surface area contributed by atoms with Gasteiger partial charge in [-0.05, 0) is 26.2 Å². The Morgan fingerprint density at radius 1 is 1.33 bits per heavy atom. The molecule has 2 fully saturated rings. The maximum absolute atomic E-state index is 12.5. The van der Waals surface area contributed by atoms with Crippen LogP contribution < -0.4 is 11.1 Å². The van der Waals surface area contributed by atoms with Crippen LogP contribution in [0.2, 0.25) is 0 Å². The Hall–Kier alpha value is -1.93. The van der Waals surface area contributed by atoms with Crippen LogP contribution in [0, 0.1) is 12.8 Å². The first-order valence-electron chi connectivity index (χ1n) is 8.51. The minimum absolute atomic E-state index is 0.0882. The first-order chi connectivity index (χ1) is 11.5. The van der Waals surface area contributed by atoms with Crippen molar-refractivity contribution in [1.82, 2.24) is 15.0 Å². The molecule has 1 saturated heterocycles. The van der Waals surface area contributed by atoms with E-state index in [9.17, 15) is 9.59 Å². The van der Waals surface area contributed by atoms with E-state index in [2.05, 4.69) is 10.5 Å². The zero-order valence-corrected chi connectivity index (χ0v) is 14.0. The number of nitrogens with two attached hydrogens (primary N) is 1. The number of rotatable bonds is 4. The number of nitrogens with one attached hydrogen (secondary N) is 1. The number of amides is 2. The highest BCUT2D eigenvalue weighted by atomic mass is 16.5. The van der Waals surface area contributed by atoms with Crippen LogP contribution in [0.4, 0.5) is 5.82 Å². The Morgan fingerprint density at radius 2 is 2.08 bits per heavy atom. The highest BCUT2D eigenvalue weighted by molar-refractivity contribution is 5.91. The molecule has 1 aliphatic carbocycles. The number of carbonyl (C=O) groups is 2. The Balaban J connectivity index is 1.41. The van der Waals surface area contributed by atoms with Gasteiger partial charge in [0.2, 0.25) is 11.8 Å². The summed E-state index contributed by atoms with van der Waals surface area (Å²) in [5.74, 6) is 1.29. The molecule has 0 bridgehead atoms. The molecule has 3 N–H and O–H groups in total. The average Bonchev–Trinajstić information content (AvgIpc) is 3.16. The summed E-state index contributed by atoms with van der Waals surface area (Å²) in [5, 5.41) is 6.46. The van der Waals surface area contributed by atoms with Crippen molar-refractivity contribution in [2.45, 2.75) is 32.2 Å². The van der Waals surface area contributed by atoms with Crippen molar-refractivity contribution in [2.24, 2.45) is 11.7 Å². The van der Waals surface area contributed by atoms with Crippen LogP contribution in [0.15, 0.2) is 10.6 Å². The number of anilines is 1. The van der Waals surface area contributed by atoms with Crippen LogP contribution in [0.25, 0.3) is 0 Å². The lowest BCUT2D eigenvalue weighted by Gasteiger charge is -2.35. The van der Waals surface area contributed by atoms with Crippen LogP contribution in [0.1, 0.15) is 25.0 Å². The predicted molar refractivity (Wildman–Crippen MR) is 88.2 cm³/mol. The van der Waals surface area contributed by atoms with Crippen LogP contribution in [-0.2, 0) is 9.59 Å². The maximum atomic E-state index is 12.5. The van der Waals surface area contributed by atoms with E-state index in [0.717, 1.165) is 19.3 Å². The molecule has 0 spiro atoms. The molecule has 2 atom stereocenters. The van der Waals surface area contributed by atoms with Crippen molar-refractivity contribution in [3.63, 3.8) is 0 Å². The Morgan fingerprint density at radius 3 is 2.67 bits per heavy atom. The number of piperazine rings is 1. The van der Waals surface area contributed by atoms with Gasteiger partial charge < -0.3 is 20.5 Å². The van der Waals surface area contributed by atoms with Gasteiger partial charge in [-0.25, -0.2) is 0 Å². The molecule has 24 heavy (non-hydrogen) atoms. The van der Waals surface area contributed by atoms with Gasteiger partial charge in [-0.3, -0.25) is 14.5 Å². The highest BCUT2D eigenvalue weighted by Crippen LogP contribution is 2.26. The zero-order chi connectivity index (χ0) is 17.1.